The highest BCUT2D eigenvalue weighted by molar-refractivity contribution is 5.92. The zero-order valence-corrected chi connectivity index (χ0v) is 14.7. The molecule has 0 aliphatic carbocycles. The topological polar surface area (TPSA) is 60.0 Å². The van der Waals surface area contributed by atoms with Gasteiger partial charge in [0.15, 0.2) is 11.5 Å². The van der Waals surface area contributed by atoms with Crippen molar-refractivity contribution in [1.82, 2.24) is 10.2 Å². The summed E-state index contributed by atoms with van der Waals surface area (Å²) in [5, 5.41) is 3.10. The molecule has 1 N–H and O–H groups in total. The highest BCUT2D eigenvalue weighted by Crippen LogP contribution is 2.32. The third kappa shape index (κ3) is 5.21. The number of benzene rings is 1. The van der Waals surface area contributed by atoms with Crippen molar-refractivity contribution in [2.75, 3.05) is 40.1 Å². The monoisotopic (exact) mass is 346 g/mol. The van der Waals surface area contributed by atoms with Crippen LogP contribution >= 0.6 is 0 Å². The summed E-state index contributed by atoms with van der Waals surface area (Å²) in [6.45, 7) is 4.19. The minimum Gasteiger partial charge on any atom is -0.454 e. The number of hydrogen-bond acceptors (Lipinski definition) is 5. The van der Waals surface area contributed by atoms with Crippen LogP contribution in [-0.4, -0.2) is 57.0 Å². The van der Waals surface area contributed by atoms with E-state index in [9.17, 15) is 4.79 Å². The Balaban J connectivity index is 1.41. The van der Waals surface area contributed by atoms with Crippen molar-refractivity contribution in [2.24, 2.45) is 0 Å². The Hall–Kier alpha value is -2.05. The van der Waals surface area contributed by atoms with Gasteiger partial charge in [-0.2, -0.15) is 0 Å². The van der Waals surface area contributed by atoms with Crippen molar-refractivity contribution in [2.45, 2.75) is 25.3 Å². The molecule has 3 rings (SSSR count). The maximum Gasteiger partial charge on any atom is 0.244 e. The molecule has 2 aliphatic rings. The molecule has 0 saturated carbocycles. The van der Waals surface area contributed by atoms with E-state index in [2.05, 4.69) is 10.2 Å². The number of likely N-dealkylation sites (tertiary alicyclic amines) is 1. The second-order valence-electron chi connectivity index (χ2n) is 6.42. The summed E-state index contributed by atoms with van der Waals surface area (Å²) in [6.07, 6.45) is 6.44. The minimum atomic E-state index is -0.0458. The predicted octanol–water partition coefficient (Wildman–Crippen LogP) is 2.05. The number of carbonyl (C=O) groups is 1. The van der Waals surface area contributed by atoms with E-state index in [-0.39, 0.29) is 18.7 Å². The fourth-order valence-electron chi connectivity index (χ4n) is 3.17. The number of hydrogen-bond donors (Lipinski definition) is 1. The normalized spacial score (nSPS) is 18.0. The third-order valence-corrected chi connectivity index (χ3v) is 4.58. The van der Waals surface area contributed by atoms with Crippen LogP contribution < -0.4 is 14.8 Å². The molecule has 1 saturated heterocycles. The molecule has 6 heteroatoms. The average molecular weight is 346 g/mol. The lowest BCUT2D eigenvalue weighted by Gasteiger charge is -2.32. The van der Waals surface area contributed by atoms with Gasteiger partial charge in [0, 0.05) is 45.5 Å². The number of piperidine rings is 1. The fourth-order valence-corrected chi connectivity index (χ4v) is 3.17. The van der Waals surface area contributed by atoms with Gasteiger partial charge in [0.2, 0.25) is 12.7 Å². The highest BCUT2D eigenvalue weighted by Gasteiger charge is 2.19. The largest absolute Gasteiger partial charge is 0.454 e. The molecular formula is C19H26N2O4. The zero-order valence-electron chi connectivity index (χ0n) is 14.7. The van der Waals surface area contributed by atoms with Gasteiger partial charge in [0.1, 0.15) is 0 Å². The Labute approximate surface area is 148 Å². The quantitative estimate of drug-likeness (QED) is 0.605. The molecule has 25 heavy (non-hydrogen) atoms. The van der Waals surface area contributed by atoms with E-state index in [0.29, 0.717) is 0 Å². The van der Waals surface area contributed by atoms with Crippen LogP contribution in [0.3, 0.4) is 0 Å². The minimum absolute atomic E-state index is 0.0458. The SMILES string of the molecule is COCCCN1CCC(NC(=O)/C=C\c2ccc3c(c2)OCO3)CC1. The van der Waals surface area contributed by atoms with Gasteiger partial charge in [-0.1, -0.05) is 6.07 Å². The molecule has 0 unspecified atom stereocenters. The van der Waals surface area contributed by atoms with Crippen LogP contribution in [0.15, 0.2) is 24.3 Å². The molecule has 0 radical (unpaired) electrons. The molecule has 0 spiro atoms. The lowest BCUT2D eigenvalue weighted by Crippen LogP contribution is -2.44. The number of nitrogens with zero attached hydrogens (tertiary/aromatic N) is 1. The van der Waals surface area contributed by atoms with Gasteiger partial charge in [-0.3, -0.25) is 4.79 Å². The summed E-state index contributed by atoms with van der Waals surface area (Å²) in [4.78, 5) is 14.6. The number of methoxy groups -OCH3 is 1. The van der Waals surface area contributed by atoms with E-state index < -0.39 is 0 Å². The predicted molar refractivity (Wildman–Crippen MR) is 95.7 cm³/mol. The lowest BCUT2D eigenvalue weighted by molar-refractivity contribution is -0.117. The van der Waals surface area contributed by atoms with Gasteiger partial charge in [-0.25, -0.2) is 0 Å². The Morgan fingerprint density at radius 1 is 1.32 bits per heavy atom. The number of amides is 1. The summed E-state index contributed by atoms with van der Waals surface area (Å²) in [6, 6.07) is 5.91. The first-order valence-corrected chi connectivity index (χ1v) is 8.84. The summed E-state index contributed by atoms with van der Waals surface area (Å²) in [5.41, 5.74) is 0.923. The summed E-state index contributed by atoms with van der Waals surface area (Å²) in [7, 11) is 1.73. The molecule has 2 aliphatic heterocycles. The first-order chi connectivity index (χ1) is 12.2. The van der Waals surface area contributed by atoms with E-state index in [1.165, 1.54) is 0 Å². The highest BCUT2D eigenvalue weighted by atomic mass is 16.7. The molecule has 1 aromatic carbocycles. The third-order valence-electron chi connectivity index (χ3n) is 4.58. The van der Waals surface area contributed by atoms with E-state index >= 15 is 0 Å². The smallest absolute Gasteiger partial charge is 0.244 e. The number of rotatable bonds is 7. The lowest BCUT2D eigenvalue weighted by atomic mass is 10.0. The van der Waals surface area contributed by atoms with Crippen LogP contribution in [0.4, 0.5) is 0 Å². The molecule has 1 amide bonds. The van der Waals surface area contributed by atoms with Crippen molar-refractivity contribution in [3.05, 3.63) is 29.8 Å². The number of ether oxygens (including phenoxy) is 3. The molecule has 0 atom stereocenters. The Bertz CT molecular complexity index is 609. The van der Waals surface area contributed by atoms with E-state index in [1.54, 1.807) is 19.3 Å². The van der Waals surface area contributed by atoms with Crippen molar-refractivity contribution in [3.8, 4) is 11.5 Å². The van der Waals surface area contributed by atoms with Crippen molar-refractivity contribution < 1.29 is 19.0 Å². The van der Waals surface area contributed by atoms with Gasteiger partial charge < -0.3 is 24.4 Å². The molecule has 6 nitrogen and oxygen atoms in total. The van der Waals surface area contributed by atoms with Gasteiger partial charge in [-0.15, -0.1) is 0 Å². The van der Waals surface area contributed by atoms with E-state index in [4.69, 9.17) is 14.2 Å². The van der Waals surface area contributed by atoms with E-state index in [0.717, 1.165) is 62.6 Å². The van der Waals surface area contributed by atoms with Gasteiger partial charge in [0.25, 0.3) is 0 Å². The van der Waals surface area contributed by atoms with Gasteiger partial charge in [-0.05, 0) is 43.0 Å². The molecule has 1 fully saturated rings. The maximum atomic E-state index is 12.1. The summed E-state index contributed by atoms with van der Waals surface area (Å²) < 4.78 is 15.7. The molecule has 136 valence electrons. The molecule has 0 aromatic heterocycles. The van der Waals surface area contributed by atoms with E-state index in [1.807, 2.05) is 18.2 Å². The van der Waals surface area contributed by atoms with Crippen molar-refractivity contribution in [3.63, 3.8) is 0 Å². The molecular weight excluding hydrogens is 320 g/mol. The first kappa shape index (κ1) is 17.8. The van der Waals surface area contributed by atoms with Crippen LogP contribution in [-0.2, 0) is 9.53 Å². The maximum absolute atomic E-state index is 12.1. The molecule has 1 aromatic rings. The standard InChI is InChI=1S/C19H26N2O4/c1-23-12-2-9-21-10-7-16(8-11-21)20-19(22)6-4-15-3-5-17-18(13-15)25-14-24-17/h3-6,13,16H,2,7-12,14H2,1H3,(H,20,22)/b6-4-. The van der Waals surface area contributed by atoms with Crippen LogP contribution in [0.2, 0.25) is 0 Å². The number of nitrogens with one attached hydrogen (secondary N) is 1. The van der Waals surface area contributed by atoms with Crippen LogP contribution in [0.5, 0.6) is 11.5 Å². The first-order valence-electron chi connectivity index (χ1n) is 8.84. The second kappa shape index (κ2) is 8.87. The van der Waals surface area contributed by atoms with Crippen molar-refractivity contribution >= 4 is 12.0 Å². The van der Waals surface area contributed by atoms with Crippen molar-refractivity contribution in [1.29, 1.82) is 0 Å². The Kier molecular flexibility index (Phi) is 6.30. The Morgan fingerprint density at radius 2 is 2.12 bits per heavy atom. The van der Waals surface area contributed by atoms with Gasteiger partial charge in [0.05, 0.1) is 0 Å². The zero-order chi connectivity index (χ0) is 17.5. The Morgan fingerprint density at radius 3 is 2.92 bits per heavy atom. The van der Waals surface area contributed by atoms with Gasteiger partial charge >= 0.3 is 0 Å². The van der Waals surface area contributed by atoms with Crippen LogP contribution in [0.25, 0.3) is 6.08 Å². The average Bonchev–Trinajstić information content (AvgIpc) is 3.09. The number of fused-ring (bicyclic) bond motifs is 1. The fraction of sp³-hybridized carbons (Fsp3) is 0.526. The van der Waals surface area contributed by atoms with Crippen LogP contribution in [0.1, 0.15) is 24.8 Å². The molecule has 2 heterocycles. The molecule has 0 bridgehead atoms. The summed E-state index contributed by atoms with van der Waals surface area (Å²) in [5.74, 6) is 1.43. The number of carbonyl (C=O) groups excluding carboxylic acids is 1. The summed E-state index contributed by atoms with van der Waals surface area (Å²) >= 11 is 0. The second-order valence-corrected chi connectivity index (χ2v) is 6.42. The van der Waals surface area contributed by atoms with Crippen LogP contribution in [0, 0.1) is 0 Å².